The average molecular weight is 242 g/mol. The Morgan fingerprint density at radius 3 is 2.47 bits per heavy atom. The molecule has 2 aromatic rings. The van der Waals surface area contributed by atoms with Gasteiger partial charge in [-0.2, -0.15) is 5.10 Å². The number of halogens is 2. The van der Waals surface area contributed by atoms with Crippen LogP contribution < -0.4 is 0 Å². The Labute approximate surface area is 97.7 Å². The highest BCUT2D eigenvalue weighted by atomic mass is 35.5. The van der Waals surface area contributed by atoms with E-state index in [0.29, 0.717) is 16.0 Å². The first-order chi connectivity index (χ1) is 7.09. The highest BCUT2D eigenvalue weighted by molar-refractivity contribution is 6.31. The van der Waals surface area contributed by atoms with Gasteiger partial charge in [0.1, 0.15) is 5.15 Å². The van der Waals surface area contributed by atoms with Gasteiger partial charge in [-0.15, -0.1) is 0 Å². The standard InChI is InChI=1S/C10H9Cl2N3/c1-6-10(12)7(2)15(14-6)9-5-3-4-8(11)13-9/h3-5H,1-2H3. The van der Waals surface area contributed by atoms with Gasteiger partial charge in [0.15, 0.2) is 5.82 Å². The van der Waals surface area contributed by atoms with Crippen molar-refractivity contribution in [1.29, 1.82) is 0 Å². The molecule has 2 heterocycles. The van der Waals surface area contributed by atoms with E-state index < -0.39 is 0 Å². The Balaban J connectivity index is 2.59. The molecule has 0 saturated heterocycles. The van der Waals surface area contributed by atoms with E-state index in [4.69, 9.17) is 23.2 Å². The smallest absolute Gasteiger partial charge is 0.155 e. The van der Waals surface area contributed by atoms with Gasteiger partial charge in [0.25, 0.3) is 0 Å². The van der Waals surface area contributed by atoms with Crippen molar-refractivity contribution in [3.8, 4) is 5.82 Å². The quantitative estimate of drug-likeness (QED) is 0.719. The molecule has 5 heteroatoms. The van der Waals surface area contributed by atoms with Crippen LogP contribution in [0.4, 0.5) is 0 Å². The molecule has 0 radical (unpaired) electrons. The minimum Gasteiger partial charge on any atom is -0.218 e. The normalized spacial score (nSPS) is 10.7. The lowest BCUT2D eigenvalue weighted by Crippen LogP contribution is -2.01. The van der Waals surface area contributed by atoms with Gasteiger partial charge in [-0.1, -0.05) is 29.3 Å². The summed E-state index contributed by atoms with van der Waals surface area (Å²) in [6.45, 7) is 3.75. The molecule has 78 valence electrons. The predicted molar refractivity (Wildman–Crippen MR) is 60.9 cm³/mol. The van der Waals surface area contributed by atoms with Crippen molar-refractivity contribution in [2.75, 3.05) is 0 Å². The minimum atomic E-state index is 0.441. The van der Waals surface area contributed by atoms with Crippen LogP contribution in [0.1, 0.15) is 11.4 Å². The molecule has 0 fully saturated rings. The van der Waals surface area contributed by atoms with Crippen LogP contribution in [0, 0.1) is 13.8 Å². The summed E-state index contributed by atoms with van der Waals surface area (Å²) in [6.07, 6.45) is 0. The number of rotatable bonds is 1. The molecule has 15 heavy (non-hydrogen) atoms. The molecule has 0 aliphatic rings. The fourth-order valence-corrected chi connectivity index (χ4v) is 1.64. The Morgan fingerprint density at radius 1 is 1.20 bits per heavy atom. The van der Waals surface area contributed by atoms with E-state index in [1.54, 1.807) is 10.7 Å². The summed E-state index contributed by atoms with van der Waals surface area (Å²) in [6, 6.07) is 5.38. The summed E-state index contributed by atoms with van der Waals surface area (Å²) in [5, 5.41) is 5.39. The lowest BCUT2D eigenvalue weighted by atomic mass is 10.4. The van der Waals surface area contributed by atoms with Crippen molar-refractivity contribution in [3.05, 3.63) is 39.8 Å². The number of aromatic nitrogens is 3. The molecule has 0 N–H and O–H groups in total. The summed E-state index contributed by atoms with van der Waals surface area (Å²) in [5.74, 6) is 0.676. The third-order valence-corrected chi connectivity index (χ3v) is 2.88. The molecule has 0 unspecified atom stereocenters. The molecule has 0 bridgehead atoms. The van der Waals surface area contributed by atoms with Crippen LogP contribution in [0.3, 0.4) is 0 Å². The fourth-order valence-electron chi connectivity index (χ4n) is 1.36. The van der Waals surface area contributed by atoms with E-state index in [2.05, 4.69) is 10.1 Å². The second kappa shape index (κ2) is 3.83. The highest BCUT2D eigenvalue weighted by Crippen LogP contribution is 2.21. The van der Waals surface area contributed by atoms with Crippen molar-refractivity contribution in [2.45, 2.75) is 13.8 Å². The highest BCUT2D eigenvalue weighted by Gasteiger charge is 2.11. The van der Waals surface area contributed by atoms with E-state index in [9.17, 15) is 0 Å². The maximum atomic E-state index is 6.04. The van der Waals surface area contributed by atoms with E-state index in [1.165, 1.54) is 0 Å². The predicted octanol–water partition coefficient (Wildman–Crippen LogP) is 3.19. The SMILES string of the molecule is Cc1nn(-c2cccc(Cl)n2)c(C)c1Cl. The molecular weight excluding hydrogens is 233 g/mol. The fraction of sp³-hybridized carbons (Fsp3) is 0.200. The lowest BCUT2D eigenvalue weighted by molar-refractivity contribution is 0.806. The Hall–Kier alpha value is -1.06. The molecule has 0 aliphatic heterocycles. The van der Waals surface area contributed by atoms with Crippen LogP contribution in [0.5, 0.6) is 0 Å². The van der Waals surface area contributed by atoms with Gasteiger partial charge in [-0.3, -0.25) is 0 Å². The average Bonchev–Trinajstić information content (AvgIpc) is 2.46. The van der Waals surface area contributed by atoms with Crippen molar-refractivity contribution < 1.29 is 0 Å². The molecule has 0 saturated carbocycles. The number of pyridine rings is 1. The van der Waals surface area contributed by atoms with Crippen LogP contribution >= 0.6 is 23.2 Å². The van der Waals surface area contributed by atoms with Crippen LogP contribution in [-0.4, -0.2) is 14.8 Å². The number of hydrogen-bond acceptors (Lipinski definition) is 2. The van der Waals surface area contributed by atoms with E-state index in [0.717, 1.165) is 11.4 Å². The molecule has 3 nitrogen and oxygen atoms in total. The summed E-state index contributed by atoms with van der Waals surface area (Å²) >= 11 is 11.9. The van der Waals surface area contributed by atoms with Crippen LogP contribution in [-0.2, 0) is 0 Å². The topological polar surface area (TPSA) is 30.7 Å². The maximum absolute atomic E-state index is 6.04. The number of hydrogen-bond donors (Lipinski definition) is 0. The minimum absolute atomic E-state index is 0.441. The Kier molecular flexibility index (Phi) is 2.67. The largest absolute Gasteiger partial charge is 0.218 e. The van der Waals surface area contributed by atoms with E-state index >= 15 is 0 Å². The van der Waals surface area contributed by atoms with Crippen molar-refractivity contribution in [2.24, 2.45) is 0 Å². The number of aryl methyl sites for hydroxylation is 1. The second-order valence-electron chi connectivity index (χ2n) is 3.22. The molecule has 2 rings (SSSR count). The molecule has 0 amide bonds. The summed E-state index contributed by atoms with van der Waals surface area (Å²) in [4.78, 5) is 4.17. The maximum Gasteiger partial charge on any atom is 0.155 e. The molecule has 0 aromatic carbocycles. The van der Waals surface area contributed by atoms with E-state index in [1.807, 2.05) is 26.0 Å². The monoisotopic (exact) mass is 241 g/mol. The third kappa shape index (κ3) is 1.85. The van der Waals surface area contributed by atoms with Gasteiger partial charge >= 0.3 is 0 Å². The van der Waals surface area contributed by atoms with Crippen molar-refractivity contribution in [3.63, 3.8) is 0 Å². The molecular formula is C10H9Cl2N3. The van der Waals surface area contributed by atoms with Crippen LogP contribution in [0.25, 0.3) is 5.82 Å². The molecule has 0 atom stereocenters. The van der Waals surface area contributed by atoms with E-state index in [-0.39, 0.29) is 0 Å². The summed E-state index contributed by atoms with van der Waals surface area (Å²) in [7, 11) is 0. The molecule has 0 spiro atoms. The van der Waals surface area contributed by atoms with Gasteiger partial charge in [-0.25, -0.2) is 9.67 Å². The van der Waals surface area contributed by atoms with Crippen LogP contribution in [0.15, 0.2) is 18.2 Å². The summed E-state index contributed by atoms with van der Waals surface area (Å²) < 4.78 is 1.68. The van der Waals surface area contributed by atoms with Crippen molar-refractivity contribution in [1.82, 2.24) is 14.8 Å². The van der Waals surface area contributed by atoms with Crippen molar-refractivity contribution >= 4 is 23.2 Å². The first kappa shape index (κ1) is 10.5. The van der Waals surface area contributed by atoms with Gasteiger partial charge in [0.05, 0.1) is 16.4 Å². The second-order valence-corrected chi connectivity index (χ2v) is 3.98. The first-order valence-corrected chi connectivity index (χ1v) is 5.20. The van der Waals surface area contributed by atoms with Gasteiger partial charge in [0.2, 0.25) is 0 Å². The molecule has 2 aromatic heterocycles. The molecule has 0 aliphatic carbocycles. The zero-order valence-corrected chi connectivity index (χ0v) is 9.84. The van der Waals surface area contributed by atoms with Gasteiger partial charge in [-0.05, 0) is 26.0 Å². The Bertz CT molecular complexity index is 505. The van der Waals surface area contributed by atoms with Gasteiger partial charge in [0, 0.05) is 0 Å². The van der Waals surface area contributed by atoms with Gasteiger partial charge < -0.3 is 0 Å². The summed E-state index contributed by atoms with van der Waals surface area (Å²) in [5.41, 5.74) is 1.65. The first-order valence-electron chi connectivity index (χ1n) is 4.44. The third-order valence-electron chi connectivity index (χ3n) is 2.12. The van der Waals surface area contributed by atoms with Crippen LogP contribution in [0.2, 0.25) is 10.2 Å². The zero-order valence-electron chi connectivity index (χ0n) is 8.33. The number of nitrogens with zero attached hydrogens (tertiary/aromatic N) is 3. The lowest BCUT2D eigenvalue weighted by Gasteiger charge is -2.02. The zero-order chi connectivity index (χ0) is 11.0. The Morgan fingerprint density at radius 2 is 1.93 bits per heavy atom.